The molecule has 0 radical (unpaired) electrons. The minimum atomic E-state index is -0.699. The number of ketones is 1. The summed E-state index contributed by atoms with van der Waals surface area (Å²) < 4.78 is 23.8. The molecular formula is C15H25BO4S. The highest BCUT2D eigenvalue weighted by Crippen LogP contribution is 2.41. The summed E-state index contributed by atoms with van der Waals surface area (Å²) in [4.78, 5) is 12.5. The Labute approximate surface area is 129 Å². The minimum Gasteiger partial charge on any atom is -0.403 e. The van der Waals surface area contributed by atoms with E-state index in [1.807, 2.05) is 27.7 Å². The highest BCUT2D eigenvalue weighted by atomic mass is 32.2. The summed E-state index contributed by atoms with van der Waals surface area (Å²) >= 11 is 0. The van der Waals surface area contributed by atoms with E-state index in [2.05, 4.69) is 0 Å². The average molecular weight is 312 g/mol. The molecule has 2 bridgehead atoms. The summed E-state index contributed by atoms with van der Waals surface area (Å²) in [6, 6.07) is 0. The third kappa shape index (κ3) is 2.75. The first kappa shape index (κ1) is 15.7. The molecule has 0 aliphatic carbocycles. The van der Waals surface area contributed by atoms with Crippen molar-refractivity contribution in [2.75, 3.05) is 0 Å². The van der Waals surface area contributed by atoms with E-state index in [9.17, 15) is 9.00 Å². The topological polar surface area (TPSA) is 52.6 Å². The molecular weight excluding hydrogens is 287 g/mol. The fraction of sp³-hybridized carbons (Fsp3) is 0.933. The Kier molecular flexibility index (Phi) is 3.86. The molecule has 3 heterocycles. The van der Waals surface area contributed by atoms with Gasteiger partial charge in [0.25, 0.3) is 0 Å². The summed E-state index contributed by atoms with van der Waals surface area (Å²) in [6.45, 7) is 8.01. The summed E-state index contributed by atoms with van der Waals surface area (Å²) in [5, 5.41) is 0.493. The monoisotopic (exact) mass is 312 g/mol. The zero-order valence-corrected chi connectivity index (χ0v) is 14.2. The van der Waals surface area contributed by atoms with E-state index in [-0.39, 0.29) is 33.4 Å². The number of Topliss-reactive ketones (excluding diaryl/α,β-unsaturated/α-hetero) is 1. The first-order valence-corrected chi connectivity index (χ1v) is 9.25. The molecule has 4 nitrogen and oxygen atoms in total. The van der Waals surface area contributed by atoms with Gasteiger partial charge in [0.05, 0.1) is 11.2 Å². The molecule has 3 rings (SSSR count). The second kappa shape index (κ2) is 5.17. The predicted octanol–water partition coefficient (Wildman–Crippen LogP) is 2.34. The van der Waals surface area contributed by atoms with Gasteiger partial charge in [0.2, 0.25) is 0 Å². The Morgan fingerprint density at radius 1 is 1.10 bits per heavy atom. The number of hydrogen-bond donors (Lipinski definition) is 0. The van der Waals surface area contributed by atoms with Crippen LogP contribution in [0.15, 0.2) is 0 Å². The van der Waals surface area contributed by atoms with Gasteiger partial charge < -0.3 is 9.31 Å². The summed E-state index contributed by atoms with van der Waals surface area (Å²) in [7, 11) is -1.14. The van der Waals surface area contributed by atoms with E-state index in [0.29, 0.717) is 6.32 Å². The Morgan fingerprint density at radius 3 is 2.05 bits per heavy atom. The van der Waals surface area contributed by atoms with Gasteiger partial charge in [-0.2, -0.15) is 0 Å². The number of fused-ring (bicyclic) bond motifs is 2. The van der Waals surface area contributed by atoms with Gasteiger partial charge in [-0.3, -0.25) is 9.00 Å². The lowest BCUT2D eigenvalue weighted by Gasteiger charge is -2.32. The predicted molar refractivity (Wildman–Crippen MR) is 83.6 cm³/mol. The van der Waals surface area contributed by atoms with E-state index in [0.717, 1.165) is 25.7 Å². The molecule has 118 valence electrons. The molecule has 0 spiro atoms. The molecule has 6 heteroatoms. The van der Waals surface area contributed by atoms with Crippen LogP contribution in [0.1, 0.15) is 53.4 Å². The maximum atomic E-state index is 12.5. The maximum Gasteiger partial charge on any atom is 0.465 e. The van der Waals surface area contributed by atoms with Gasteiger partial charge in [-0.05, 0) is 53.4 Å². The minimum absolute atomic E-state index is 0.0548. The van der Waals surface area contributed by atoms with Crippen LogP contribution in [0.2, 0.25) is 6.32 Å². The van der Waals surface area contributed by atoms with Crippen LogP contribution in [-0.2, 0) is 24.9 Å². The van der Waals surface area contributed by atoms with E-state index in [1.54, 1.807) is 0 Å². The second-order valence-electron chi connectivity index (χ2n) is 7.67. The first-order chi connectivity index (χ1) is 9.69. The Balaban J connectivity index is 1.60. The van der Waals surface area contributed by atoms with Crippen LogP contribution in [0.3, 0.4) is 0 Å². The third-order valence-electron chi connectivity index (χ3n) is 5.69. The molecule has 0 aromatic heterocycles. The van der Waals surface area contributed by atoms with Crippen molar-refractivity contribution in [2.24, 2.45) is 5.92 Å². The molecule has 21 heavy (non-hydrogen) atoms. The molecule has 0 saturated carbocycles. The molecule has 0 aromatic rings. The highest BCUT2D eigenvalue weighted by molar-refractivity contribution is 7.86. The summed E-state index contributed by atoms with van der Waals surface area (Å²) in [5.41, 5.74) is -0.768. The van der Waals surface area contributed by atoms with Crippen molar-refractivity contribution in [3.8, 4) is 0 Å². The van der Waals surface area contributed by atoms with E-state index in [1.165, 1.54) is 0 Å². The van der Waals surface area contributed by atoms with Crippen molar-refractivity contribution >= 4 is 23.7 Å². The smallest absolute Gasteiger partial charge is 0.403 e. The lowest BCUT2D eigenvalue weighted by Crippen LogP contribution is -2.41. The lowest BCUT2D eigenvalue weighted by atomic mass is 9.77. The standard InChI is InChI=1S/C15H25BO4S/c1-14(2)15(3,4)20-16(19-14)9-13(17)10-7-11-5-6-12(8-10)21(11)18/h10-12H,5-9H2,1-4H3. The first-order valence-electron chi connectivity index (χ1n) is 7.97. The molecule has 3 saturated heterocycles. The van der Waals surface area contributed by atoms with Crippen LogP contribution in [0, 0.1) is 5.92 Å². The SMILES string of the molecule is CC1(C)OB(CC(=O)C2CC3CCC(C2)S3=O)OC1(C)C. The quantitative estimate of drug-likeness (QED) is 0.751. The summed E-state index contributed by atoms with van der Waals surface area (Å²) in [6.07, 6.45) is 3.96. The average Bonchev–Trinajstić information content (AvgIpc) is 2.69. The van der Waals surface area contributed by atoms with Gasteiger partial charge in [0.1, 0.15) is 5.78 Å². The second-order valence-corrected chi connectivity index (χ2v) is 9.66. The van der Waals surface area contributed by atoms with E-state index in [4.69, 9.17) is 9.31 Å². The molecule has 0 aromatic carbocycles. The van der Waals surface area contributed by atoms with Gasteiger partial charge in [-0.15, -0.1) is 0 Å². The molecule has 2 atom stereocenters. The summed E-state index contributed by atoms with van der Waals surface area (Å²) in [5.74, 6) is 0.279. The van der Waals surface area contributed by atoms with Gasteiger partial charge >= 0.3 is 7.12 Å². The number of hydrogen-bond acceptors (Lipinski definition) is 4. The van der Waals surface area contributed by atoms with Gasteiger partial charge in [-0.25, -0.2) is 0 Å². The zero-order valence-electron chi connectivity index (χ0n) is 13.4. The fourth-order valence-corrected chi connectivity index (χ4v) is 5.80. The Morgan fingerprint density at radius 2 is 1.57 bits per heavy atom. The lowest BCUT2D eigenvalue weighted by molar-refractivity contribution is -0.121. The zero-order chi connectivity index (χ0) is 15.4. The van der Waals surface area contributed by atoms with Crippen LogP contribution in [0.25, 0.3) is 0 Å². The molecule has 3 aliphatic rings. The van der Waals surface area contributed by atoms with Gasteiger partial charge in [0, 0.05) is 33.5 Å². The van der Waals surface area contributed by atoms with Gasteiger partial charge in [0.15, 0.2) is 0 Å². The van der Waals surface area contributed by atoms with Crippen molar-refractivity contribution < 1.29 is 18.3 Å². The van der Waals surface area contributed by atoms with Crippen molar-refractivity contribution in [3.63, 3.8) is 0 Å². The van der Waals surface area contributed by atoms with Crippen molar-refractivity contribution in [1.29, 1.82) is 0 Å². The van der Waals surface area contributed by atoms with Crippen molar-refractivity contribution in [2.45, 2.75) is 81.4 Å². The number of carbonyl (C=O) groups excluding carboxylic acids is 1. The van der Waals surface area contributed by atoms with Crippen LogP contribution in [0.5, 0.6) is 0 Å². The Bertz CT molecular complexity index is 444. The van der Waals surface area contributed by atoms with Crippen LogP contribution in [0.4, 0.5) is 0 Å². The van der Waals surface area contributed by atoms with Crippen LogP contribution < -0.4 is 0 Å². The molecule has 0 N–H and O–H groups in total. The largest absolute Gasteiger partial charge is 0.465 e. The highest BCUT2D eigenvalue weighted by Gasteiger charge is 2.52. The normalized spacial score (nSPS) is 40.5. The van der Waals surface area contributed by atoms with Crippen LogP contribution in [-0.4, -0.2) is 38.8 Å². The Hall–Kier alpha value is -0.195. The van der Waals surface area contributed by atoms with Gasteiger partial charge in [-0.1, -0.05) is 0 Å². The van der Waals surface area contributed by atoms with E-state index >= 15 is 0 Å². The number of rotatable bonds is 3. The molecule has 2 unspecified atom stereocenters. The maximum absolute atomic E-state index is 12.5. The molecule has 0 amide bonds. The molecule has 3 aliphatic heterocycles. The van der Waals surface area contributed by atoms with Crippen molar-refractivity contribution in [1.82, 2.24) is 0 Å². The van der Waals surface area contributed by atoms with Crippen molar-refractivity contribution in [3.05, 3.63) is 0 Å². The van der Waals surface area contributed by atoms with E-state index < -0.39 is 17.9 Å². The fourth-order valence-electron chi connectivity index (χ4n) is 3.67. The third-order valence-corrected chi connectivity index (χ3v) is 7.86. The van der Waals surface area contributed by atoms with Crippen LogP contribution >= 0.6 is 0 Å². The molecule has 3 fully saturated rings. The number of carbonyl (C=O) groups is 1.